The van der Waals surface area contributed by atoms with E-state index in [2.05, 4.69) is 4.98 Å². The van der Waals surface area contributed by atoms with Crippen LogP contribution in [0, 0.1) is 23.3 Å². The zero-order valence-electron chi connectivity index (χ0n) is 16.9. The molecule has 2 aromatic carbocycles. The largest absolute Gasteiger partial charge is 0.495 e. The highest BCUT2D eigenvalue weighted by Gasteiger charge is 2.27. The molecule has 0 aliphatic carbocycles. The van der Waals surface area contributed by atoms with Crippen molar-refractivity contribution in [2.24, 2.45) is 11.6 Å². The predicted octanol–water partition coefficient (Wildman–Crippen LogP) is 3.33. The molecule has 0 spiro atoms. The number of hydrazine groups is 1. The van der Waals surface area contributed by atoms with Crippen molar-refractivity contribution >= 4 is 27.1 Å². The maximum atomic E-state index is 15.0. The fourth-order valence-corrected chi connectivity index (χ4v) is 3.97. The second kappa shape index (κ2) is 9.34. The maximum absolute atomic E-state index is 15.0. The minimum Gasteiger partial charge on any atom is -0.495 e. The van der Waals surface area contributed by atoms with Gasteiger partial charge in [-0.2, -0.15) is 0 Å². The number of sulfonamides is 1. The van der Waals surface area contributed by atoms with E-state index < -0.39 is 49.6 Å². The van der Waals surface area contributed by atoms with Crippen molar-refractivity contribution in [1.82, 2.24) is 4.98 Å². The van der Waals surface area contributed by atoms with Crippen LogP contribution in [-0.2, 0) is 10.0 Å². The highest BCUT2D eigenvalue weighted by molar-refractivity contribution is 7.92. The van der Waals surface area contributed by atoms with Crippen LogP contribution in [0.15, 0.2) is 59.9 Å². The molecule has 0 saturated carbocycles. The molecule has 0 unspecified atom stereocenters. The second-order valence-corrected chi connectivity index (χ2v) is 8.14. The summed E-state index contributed by atoms with van der Waals surface area (Å²) < 4.78 is 88.8. The highest BCUT2D eigenvalue weighted by atomic mass is 32.2. The van der Waals surface area contributed by atoms with E-state index >= 15 is 4.39 Å². The van der Waals surface area contributed by atoms with E-state index in [1.54, 1.807) is 4.72 Å². The molecule has 176 valence electrons. The molecule has 0 bridgehead atoms. The fourth-order valence-electron chi connectivity index (χ4n) is 2.77. The lowest BCUT2D eigenvalue weighted by Crippen LogP contribution is -2.28. The molecule has 1 heterocycles. The topological polar surface area (TPSA) is 124 Å². The van der Waals surface area contributed by atoms with Crippen LogP contribution in [0.5, 0.6) is 5.75 Å². The quantitative estimate of drug-likeness (QED) is 0.266. The number of aromatic nitrogens is 1. The summed E-state index contributed by atoms with van der Waals surface area (Å²) in [5.41, 5.74) is 4.48. The average molecular weight is 485 g/mol. The molecular formula is C20H19F4N5O3S. The molecule has 5 N–H and O–H groups in total. The van der Waals surface area contributed by atoms with Gasteiger partial charge >= 0.3 is 0 Å². The molecule has 33 heavy (non-hydrogen) atoms. The summed E-state index contributed by atoms with van der Waals surface area (Å²) in [5.74, 6) is 0.701. The summed E-state index contributed by atoms with van der Waals surface area (Å²) in [7, 11) is -3.51. The van der Waals surface area contributed by atoms with Gasteiger partial charge in [-0.25, -0.2) is 31.8 Å². The van der Waals surface area contributed by atoms with Crippen molar-refractivity contribution < 1.29 is 32.1 Å². The van der Waals surface area contributed by atoms with Crippen LogP contribution >= 0.6 is 0 Å². The van der Waals surface area contributed by atoms with Crippen molar-refractivity contribution in [1.29, 1.82) is 0 Å². The number of benzene rings is 2. The van der Waals surface area contributed by atoms with E-state index in [0.29, 0.717) is 34.5 Å². The van der Waals surface area contributed by atoms with Gasteiger partial charge in [0.1, 0.15) is 23.1 Å². The Labute approximate surface area is 187 Å². The van der Waals surface area contributed by atoms with Gasteiger partial charge in [0.25, 0.3) is 10.0 Å². The Morgan fingerprint density at radius 2 is 1.79 bits per heavy atom. The first-order valence-electron chi connectivity index (χ1n) is 9.00. The Bertz CT molecular complexity index is 1320. The summed E-state index contributed by atoms with van der Waals surface area (Å²) in [6, 6.07) is 5.33. The Balaban J connectivity index is 0.00000408. The van der Waals surface area contributed by atoms with Crippen molar-refractivity contribution in [3.8, 4) is 5.75 Å². The third kappa shape index (κ3) is 4.99. The summed E-state index contributed by atoms with van der Waals surface area (Å²) in [6.45, 7) is 0. The van der Waals surface area contributed by atoms with Gasteiger partial charge in [0.2, 0.25) is 0 Å². The van der Waals surface area contributed by atoms with Gasteiger partial charge < -0.3 is 10.5 Å². The van der Waals surface area contributed by atoms with Gasteiger partial charge in [-0.05, 0) is 30.3 Å². The lowest BCUT2D eigenvalue weighted by Gasteiger charge is -2.19. The molecule has 0 aliphatic rings. The van der Waals surface area contributed by atoms with Crippen molar-refractivity contribution in [2.75, 3.05) is 16.8 Å². The van der Waals surface area contributed by atoms with Crippen LogP contribution in [0.2, 0.25) is 0 Å². The molecule has 13 heteroatoms. The summed E-state index contributed by atoms with van der Waals surface area (Å²) in [5, 5.41) is 0.487. The Morgan fingerprint density at radius 1 is 1.12 bits per heavy atom. The van der Waals surface area contributed by atoms with E-state index in [9.17, 15) is 21.6 Å². The van der Waals surface area contributed by atoms with Crippen LogP contribution in [0.3, 0.4) is 0 Å². The number of ether oxygens (including phenoxy) is 1. The zero-order chi connectivity index (χ0) is 24.3. The van der Waals surface area contributed by atoms with Gasteiger partial charge in [-0.15, -0.1) is 0 Å². The normalized spacial score (nSPS) is 11.9. The molecule has 3 rings (SSSR count). The van der Waals surface area contributed by atoms with Crippen molar-refractivity contribution in [2.45, 2.75) is 4.90 Å². The number of rotatable bonds is 7. The van der Waals surface area contributed by atoms with E-state index in [0.717, 1.165) is 18.3 Å². The smallest absolute Gasteiger partial charge is 0.267 e. The van der Waals surface area contributed by atoms with Crippen molar-refractivity contribution in [3.05, 3.63) is 83.8 Å². The van der Waals surface area contributed by atoms with E-state index in [1.165, 1.54) is 25.6 Å². The van der Waals surface area contributed by atoms with Gasteiger partial charge in [-0.3, -0.25) is 14.7 Å². The van der Waals surface area contributed by atoms with Crippen LogP contribution < -0.4 is 26.0 Å². The molecule has 3 aromatic rings. The maximum Gasteiger partial charge on any atom is 0.267 e. The Morgan fingerprint density at radius 3 is 2.42 bits per heavy atom. The number of nitrogens with two attached hydrogens (primary N) is 2. The lowest BCUT2D eigenvalue weighted by atomic mass is 10.2. The number of anilines is 2. The second-order valence-electron chi connectivity index (χ2n) is 6.52. The average Bonchev–Trinajstić information content (AvgIpc) is 2.75. The minimum atomic E-state index is -4.91. The third-order valence-corrected chi connectivity index (χ3v) is 5.73. The molecule has 1 aromatic heterocycles. The van der Waals surface area contributed by atoms with Crippen LogP contribution in [0.25, 0.3) is 5.70 Å². The monoisotopic (exact) mass is 485 g/mol. The minimum absolute atomic E-state index is 0. The highest BCUT2D eigenvalue weighted by Crippen LogP contribution is 2.31. The Hall–Kier alpha value is -3.84. The summed E-state index contributed by atoms with van der Waals surface area (Å²) in [4.78, 5) is 2.57. The molecule has 0 radical (unpaired) electrons. The van der Waals surface area contributed by atoms with Crippen LogP contribution in [0.1, 0.15) is 6.99 Å². The van der Waals surface area contributed by atoms with E-state index in [1.807, 2.05) is 0 Å². The van der Waals surface area contributed by atoms with Crippen LogP contribution in [0.4, 0.5) is 28.9 Å². The number of methoxy groups -OCH3 is 1. The SMILES string of the molecule is COc1cncc(/C(N)=C/N(N)c2c(F)ccc(NS(=O)(=O)c3c(F)cccc3F)c2F)c1.[HH]. The van der Waals surface area contributed by atoms with Crippen LogP contribution in [-0.4, -0.2) is 20.5 Å². The standard InChI is InChI=1S/C20H17F4N5O3S.H2/c1-32-12-7-11(8-27-9-12)16(25)10-29(26)19-13(21)5-6-17(18(19)24)28-33(30,31)20-14(22)3-2-4-15(20)23;/h2-10,28H,25-26H2,1H3;1H/b16-10-;. The summed E-state index contributed by atoms with van der Waals surface area (Å²) >= 11 is 0. The molecule has 8 nitrogen and oxygen atoms in total. The number of hydrogen-bond donors (Lipinski definition) is 3. The first-order chi connectivity index (χ1) is 15.5. The van der Waals surface area contributed by atoms with Gasteiger partial charge in [0, 0.05) is 19.4 Å². The molecule has 0 saturated heterocycles. The lowest BCUT2D eigenvalue weighted by molar-refractivity contribution is 0.412. The number of halogens is 4. The van der Waals surface area contributed by atoms with E-state index in [-0.39, 0.29) is 7.12 Å². The molecule has 0 aliphatic heterocycles. The number of nitrogens with one attached hydrogen (secondary N) is 1. The predicted molar refractivity (Wildman–Crippen MR) is 115 cm³/mol. The first-order valence-corrected chi connectivity index (χ1v) is 10.5. The molecule has 0 atom stereocenters. The van der Waals surface area contributed by atoms with Gasteiger partial charge in [-0.1, -0.05) is 6.07 Å². The number of nitrogens with zero attached hydrogens (tertiary/aromatic N) is 2. The molecular weight excluding hydrogens is 466 g/mol. The number of hydrogen-bond acceptors (Lipinski definition) is 7. The summed E-state index contributed by atoms with van der Waals surface area (Å²) in [6.07, 6.45) is 3.72. The van der Waals surface area contributed by atoms with E-state index in [4.69, 9.17) is 16.3 Å². The van der Waals surface area contributed by atoms with Gasteiger partial charge in [0.15, 0.2) is 16.5 Å². The Kier molecular flexibility index (Phi) is 6.74. The third-order valence-electron chi connectivity index (χ3n) is 4.32. The fraction of sp³-hybridized carbons (Fsp3) is 0.0500. The van der Waals surface area contributed by atoms with Crippen molar-refractivity contribution in [3.63, 3.8) is 0 Å². The number of pyridine rings is 1. The first kappa shape index (κ1) is 23.8. The molecule has 0 amide bonds. The zero-order valence-corrected chi connectivity index (χ0v) is 17.7. The van der Waals surface area contributed by atoms with Gasteiger partial charge in [0.05, 0.1) is 24.7 Å². The molecule has 0 fully saturated rings.